The number of carbonyl (C=O) groups is 4. The van der Waals surface area contributed by atoms with Gasteiger partial charge in [-0.15, -0.1) is 0 Å². The number of amides is 3. The Morgan fingerprint density at radius 3 is 2.38 bits per heavy atom. The molecule has 0 aromatic heterocycles. The van der Waals surface area contributed by atoms with Crippen molar-refractivity contribution < 1.29 is 32.3 Å². The summed E-state index contributed by atoms with van der Waals surface area (Å²) in [5.74, 6) is -3.89. The van der Waals surface area contributed by atoms with Crippen LogP contribution in [0.25, 0.3) is 0 Å². The summed E-state index contributed by atoms with van der Waals surface area (Å²) in [5, 5.41) is 4.30. The van der Waals surface area contributed by atoms with Crippen LogP contribution in [0, 0.1) is 0 Å². The summed E-state index contributed by atoms with van der Waals surface area (Å²) in [6.07, 6.45) is -3.77. The molecule has 2 rings (SSSR count). The van der Waals surface area contributed by atoms with E-state index < -0.39 is 41.5 Å². The molecule has 1 fully saturated rings. The van der Waals surface area contributed by atoms with Gasteiger partial charge in [-0.3, -0.25) is 19.4 Å². The van der Waals surface area contributed by atoms with E-state index in [1.54, 1.807) is 11.4 Å². The molecule has 1 aromatic rings. The van der Waals surface area contributed by atoms with Gasteiger partial charge in [0.15, 0.2) is 5.96 Å². The van der Waals surface area contributed by atoms with Crippen molar-refractivity contribution in [2.24, 2.45) is 16.5 Å². The molecule has 0 aliphatic carbocycles. The fourth-order valence-electron chi connectivity index (χ4n) is 3.48. The van der Waals surface area contributed by atoms with Crippen LogP contribution in [0.5, 0.6) is 0 Å². The van der Waals surface area contributed by atoms with Gasteiger partial charge in [0.05, 0.1) is 6.04 Å². The minimum absolute atomic E-state index is 0.0947. The van der Waals surface area contributed by atoms with Gasteiger partial charge in [0, 0.05) is 13.1 Å². The smallest absolute Gasteiger partial charge is 0.370 e. The number of benzene rings is 1. The zero-order valence-corrected chi connectivity index (χ0v) is 18.5. The number of rotatable bonds is 10. The van der Waals surface area contributed by atoms with E-state index in [-0.39, 0.29) is 37.5 Å². The Balaban J connectivity index is 2.15. The van der Waals surface area contributed by atoms with Gasteiger partial charge >= 0.3 is 12.1 Å². The Labute approximate surface area is 193 Å². The first-order valence-electron chi connectivity index (χ1n) is 10.5. The Hall–Kier alpha value is -3.64. The number of hydrogen-bond acceptors (Lipinski definition) is 5. The van der Waals surface area contributed by atoms with Crippen LogP contribution >= 0.6 is 0 Å². The van der Waals surface area contributed by atoms with Crippen molar-refractivity contribution in [3.8, 4) is 0 Å². The fourth-order valence-corrected chi connectivity index (χ4v) is 3.48. The van der Waals surface area contributed by atoms with Crippen LogP contribution in [0.1, 0.15) is 31.7 Å². The molecule has 186 valence electrons. The van der Waals surface area contributed by atoms with Gasteiger partial charge in [-0.25, -0.2) is 0 Å². The number of carbonyl (C=O) groups excluding carboxylic acids is 4. The average molecular weight is 484 g/mol. The molecule has 0 radical (unpaired) electrons. The molecule has 3 atom stereocenters. The molecule has 1 aliphatic heterocycles. The Kier molecular flexibility index (Phi) is 8.60. The predicted molar refractivity (Wildman–Crippen MR) is 116 cm³/mol. The van der Waals surface area contributed by atoms with Crippen molar-refractivity contribution in [2.45, 2.75) is 50.0 Å². The van der Waals surface area contributed by atoms with Crippen LogP contribution < -0.4 is 22.1 Å². The first kappa shape index (κ1) is 26.6. The molecule has 3 amide bonds. The summed E-state index contributed by atoms with van der Waals surface area (Å²) in [4.78, 5) is 53.9. The first-order chi connectivity index (χ1) is 15.9. The van der Waals surface area contributed by atoms with Crippen LogP contribution in [0.4, 0.5) is 13.2 Å². The highest BCUT2D eigenvalue weighted by atomic mass is 19.4. The minimum Gasteiger partial charge on any atom is -0.370 e. The number of nitrogens with zero attached hydrogens (tertiary/aromatic N) is 2. The molecule has 0 unspecified atom stereocenters. The minimum atomic E-state index is -5.21. The lowest BCUT2D eigenvalue weighted by Crippen LogP contribution is -2.66. The summed E-state index contributed by atoms with van der Waals surface area (Å²) in [7, 11) is 0. The molecule has 0 bridgehead atoms. The van der Waals surface area contributed by atoms with Crippen molar-refractivity contribution >= 4 is 30.0 Å². The number of aliphatic imine (C=N–C) groups is 1. The van der Waals surface area contributed by atoms with E-state index in [1.165, 1.54) is 24.3 Å². The highest BCUT2D eigenvalue weighted by molar-refractivity contribution is 5.97. The molecule has 34 heavy (non-hydrogen) atoms. The van der Waals surface area contributed by atoms with E-state index in [0.717, 1.165) is 11.8 Å². The number of aldehydes is 1. The first-order valence-corrected chi connectivity index (χ1v) is 10.5. The van der Waals surface area contributed by atoms with Gasteiger partial charge in [-0.05, 0) is 31.7 Å². The highest BCUT2D eigenvalue weighted by Crippen LogP contribution is 2.30. The highest BCUT2D eigenvalue weighted by Gasteiger charge is 2.50. The van der Waals surface area contributed by atoms with Crippen molar-refractivity contribution in [3.63, 3.8) is 0 Å². The Bertz CT molecular complexity index is 936. The molecule has 10 nitrogen and oxygen atoms in total. The quantitative estimate of drug-likeness (QED) is 0.157. The second-order valence-electron chi connectivity index (χ2n) is 7.95. The maximum absolute atomic E-state index is 13.3. The zero-order chi connectivity index (χ0) is 25.5. The van der Waals surface area contributed by atoms with Crippen LogP contribution in [0.3, 0.4) is 0 Å². The van der Waals surface area contributed by atoms with Crippen molar-refractivity contribution in [1.29, 1.82) is 0 Å². The maximum Gasteiger partial charge on any atom is 0.471 e. The maximum atomic E-state index is 13.3. The topological polar surface area (TPSA) is 160 Å². The third-order valence-corrected chi connectivity index (χ3v) is 5.44. The summed E-state index contributed by atoms with van der Waals surface area (Å²) in [5.41, 5.74) is 8.50. The van der Waals surface area contributed by atoms with Crippen LogP contribution in [0.2, 0.25) is 0 Å². The SMILES string of the molecule is C[C@](NC(=O)C(F)(F)F)(C(=O)N1CC[C@H]1C(=O)N[C@H](C=O)CCCN=C(N)N)c1ccccc1. The van der Waals surface area contributed by atoms with Gasteiger partial charge in [0.25, 0.3) is 5.91 Å². The molecule has 1 aromatic carbocycles. The fraction of sp³-hybridized carbons (Fsp3) is 0.476. The number of nitrogens with one attached hydrogen (secondary N) is 2. The normalized spacial score (nSPS) is 18.0. The van der Waals surface area contributed by atoms with E-state index in [0.29, 0.717) is 12.7 Å². The Morgan fingerprint density at radius 2 is 1.88 bits per heavy atom. The number of likely N-dealkylation sites (tertiary alicyclic amines) is 1. The van der Waals surface area contributed by atoms with Gasteiger partial charge in [0.2, 0.25) is 5.91 Å². The molecule has 13 heteroatoms. The summed E-state index contributed by atoms with van der Waals surface area (Å²) < 4.78 is 38.9. The van der Waals surface area contributed by atoms with Crippen LogP contribution in [0.15, 0.2) is 35.3 Å². The van der Waals surface area contributed by atoms with Gasteiger partial charge in [-0.1, -0.05) is 30.3 Å². The average Bonchev–Trinajstić information content (AvgIpc) is 2.74. The van der Waals surface area contributed by atoms with Crippen LogP contribution in [-0.2, 0) is 24.7 Å². The standard InChI is InChI=1S/C21H27F3N6O4/c1-20(13-6-3-2-4-7-13,29-17(33)21(22,23)24)18(34)30-11-9-15(30)16(32)28-14(12-31)8-5-10-27-19(25)26/h2-4,6-7,12,14-15H,5,8-11H2,1H3,(H,28,32)(H,29,33)(H4,25,26,27)/t14-,15-,20+/m0/s1. The largest absolute Gasteiger partial charge is 0.471 e. The number of hydrogen-bond donors (Lipinski definition) is 4. The van der Waals surface area contributed by atoms with Crippen LogP contribution in [-0.4, -0.2) is 66.2 Å². The molecule has 0 saturated carbocycles. The van der Waals surface area contributed by atoms with E-state index >= 15 is 0 Å². The molecule has 1 saturated heterocycles. The lowest BCUT2D eigenvalue weighted by atomic mass is 9.87. The molecule has 0 spiro atoms. The van der Waals surface area contributed by atoms with E-state index in [2.05, 4.69) is 10.3 Å². The summed E-state index contributed by atoms with van der Waals surface area (Å²) in [6.45, 7) is 1.50. The zero-order valence-electron chi connectivity index (χ0n) is 18.5. The third kappa shape index (κ3) is 6.45. The number of alkyl halides is 3. The number of halogens is 3. The monoisotopic (exact) mass is 484 g/mol. The number of nitrogens with two attached hydrogens (primary N) is 2. The lowest BCUT2D eigenvalue weighted by Gasteiger charge is -2.45. The third-order valence-electron chi connectivity index (χ3n) is 5.44. The van der Waals surface area contributed by atoms with Gasteiger partial charge in [0.1, 0.15) is 17.9 Å². The van der Waals surface area contributed by atoms with Crippen molar-refractivity contribution in [3.05, 3.63) is 35.9 Å². The Morgan fingerprint density at radius 1 is 1.24 bits per heavy atom. The second kappa shape index (κ2) is 11.0. The van der Waals surface area contributed by atoms with Crippen molar-refractivity contribution in [2.75, 3.05) is 13.1 Å². The predicted octanol–water partition coefficient (Wildman–Crippen LogP) is -0.0815. The summed E-state index contributed by atoms with van der Waals surface area (Å²) >= 11 is 0. The number of guanidine groups is 1. The molecular weight excluding hydrogens is 457 g/mol. The van der Waals surface area contributed by atoms with E-state index in [4.69, 9.17) is 11.5 Å². The molecule has 6 N–H and O–H groups in total. The van der Waals surface area contributed by atoms with E-state index in [1.807, 2.05) is 0 Å². The van der Waals surface area contributed by atoms with E-state index in [9.17, 15) is 32.3 Å². The van der Waals surface area contributed by atoms with Crippen molar-refractivity contribution in [1.82, 2.24) is 15.5 Å². The molecular formula is C21H27F3N6O4. The van der Waals surface area contributed by atoms with Gasteiger partial charge < -0.3 is 31.8 Å². The second-order valence-corrected chi connectivity index (χ2v) is 7.95. The molecule has 1 heterocycles. The van der Waals surface area contributed by atoms with Gasteiger partial charge in [-0.2, -0.15) is 13.2 Å². The summed E-state index contributed by atoms with van der Waals surface area (Å²) in [6, 6.07) is 5.58. The lowest BCUT2D eigenvalue weighted by molar-refractivity contribution is -0.178. The molecule has 1 aliphatic rings.